The number of piperazine rings is 1. The molecule has 4 aromatic rings. The third kappa shape index (κ3) is 4.73. The molecule has 2 fully saturated rings. The van der Waals surface area contributed by atoms with Gasteiger partial charge in [-0.25, -0.2) is 4.98 Å². The van der Waals surface area contributed by atoms with E-state index in [1.165, 1.54) is 0 Å². The van der Waals surface area contributed by atoms with Crippen LogP contribution in [0.1, 0.15) is 10.4 Å². The van der Waals surface area contributed by atoms with E-state index in [-0.39, 0.29) is 5.91 Å². The Labute approximate surface area is 222 Å². The van der Waals surface area contributed by atoms with Gasteiger partial charge < -0.3 is 29.2 Å². The molecule has 0 unspecified atom stereocenters. The molecule has 196 valence electrons. The van der Waals surface area contributed by atoms with Crippen LogP contribution < -0.4 is 9.64 Å². The Morgan fingerprint density at radius 2 is 1.66 bits per heavy atom. The molecule has 8 nitrogen and oxygen atoms in total. The number of carbonyl (C=O) groups excluding carboxylic acids is 1. The number of H-pyrrole nitrogens is 1. The predicted octanol–water partition coefficient (Wildman–Crippen LogP) is 4.13. The fourth-order valence-corrected chi connectivity index (χ4v) is 5.31. The third-order valence-corrected chi connectivity index (χ3v) is 7.63. The number of aromatic nitrogens is 2. The molecule has 6 rings (SSSR count). The summed E-state index contributed by atoms with van der Waals surface area (Å²) < 4.78 is 11.2. The van der Waals surface area contributed by atoms with Crippen LogP contribution >= 0.6 is 0 Å². The smallest absolute Gasteiger partial charge is 0.254 e. The van der Waals surface area contributed by atoms with Crippen LogP contribution in [0.25, 0.3) is 33.3 Å². The van der Waals surface area contributed by atoms with Crippen LogP contribution in [-0.4, -0.2) is 92.3 Å². The fourth-order valence-electron chi connectivity index (χ4n) is 5.31. The van der Waals surface area contributed by atoms with E-state index in [0.29, 0.717) is 31.9 Å². The number of rotatable bonds is 5. The molecule has 1 N–H and O–H groups in total. The Kier molecular flexibility index (Phi) is 6.74. The van der Waals surface area contributed by atoms with Crippen molar-refractivity contribution in [2.75, 3.05) is 71.5 Å². The lowest BCUT2D eigenvalue weighted by atomic mass is 10.0. The molecule has 0 saturated carbocycles. The summed E-state index contributed by atoms with van der Waals surface area (Å²) in [7, 11) is 3.90. The number of nitrogens with one attached hydrogen (secondary N) is 1. The maximum atomic E-state index is 12.8. The third-order valence-electron chi connectivity index (χ3n) is 7.63. The van der Waals surface area contributed by atoms with Gasteiger partial charge in [0.15, 0.2) is 0 Å². The predicted molar refractivity (Wildman–Crippen MR) is 150 cm³/mol. The monoisotopic (exact) mass is 511 g/mol. The molecule has 38 heavy (non-hydrogen) atoms. The molecule has 2 aromatic heterocycles. The van der Waals surface area contributed by atoms with Crippen LogP contribution in [-0.2, 0) is 4.74 Å². The molecular weight excluding hydrogens is 478 g/mol. The summed E-state index contributed by atoms with van der Waals surface area (Å²) in [6.07, 6.45) is 3.88. The van der Waals surface area contributed by atoms with Crippen molar-refractivity contribution < 1.29 is 14.3 Å². The first-order valence-electron chi connectivity index (χ1n) is 13.2. The number of ether oxygens (including phenoxy) is 2. The molecule has 8 heteroatoms. The number of anilines is 1. The van der Waals surface area contributed by atoms with Gasteiger partial charge in [0.1, 0.15) is 11.4 Å². The first-order chi connectivity index (χ1) is 18.6. The minimum atomic E-state index is 0.0525. The lowest BCUT2D eigenvalue weighted by Gasteiger charge is -2.34. The van der Waals surface area contributed by atoms with Crippen molar-refractivity contribution in [3.63, 3.8) is 0 Å². The maximum Gasteiger partial charge on any atom is 0.254 e. The van der Waals surface area contributed by atoms with E-state index in [1.54, 1.807) is 7.11 Å². The van der Waals surface area contributed by atoms with Crippen LogP contribution in [0.2, 0.25) is 0 Å². The topological polar surface area (TPSA) is 73.9 Å². The fraction of sp³-hybridized carbons (Fsp3) is 0.333. The van der Waals surface area contributed by atoms with Crippen molar-refractivity contribution in [1.82, 2.24) is 19.8 Å². The largest absolute Gasteiger partial charge is 0.495 e. The van der Waals surface area contributed by atoms with Gasteiger partial charge >= 0.3 is 0 Å². The maximum absolute atomic E-state index is 12.8. The van der Waals surface area contributed by atoms with E-state index in [4.69, 9.17) is 14.5 Å². The number of morpholine rings is 1. The van der Waals surface area contributed by atoms with E-state index in [0.717, 1.165) is 70.9 Å². The Hall–Kier alpha value is -3.88. The average Bonchev–Trinajstić information content (AvgIpc) is 3.41. The van der Waals surface area contributed by atoms with Crippen LogP contribution in [0.3, 0.4) is 0 Å². The van der Waals surface area contributed by atoms with Gasteiger partial charge in [-0.15, -0.1) is 0 Å². The second kappa shape index (κ2) is 10.5. The molecule has 2 aliphatic rings. The van der Waals surface area contributed by atoms with E-state index in [1.807, 2.05) is 41.6 Å². The second-order valence-electron chi connectivity index (χ2n) is 9.98. The summed E-state index contributed by atoms with van der Waals surface area (Å²) in [6.45, 7) is 6.54. The quantitative estimate of drug-likeness (QED) is 0.434. The molecule has 0 radical (unpaired) electrons. The standard InChI is InChI=1S/C30H33N5O3/c1-33-9-11-34(12-10-33)27-8-7-23(18-28(27)37-2)24-17-25-26(20-32-29(25)31-19-24)21-3-5-22(6-4-21)30(36)35-13-15-38-16-14-35/h3-8,17-20H,9-16H2,1-2H3,(H,31,32). The summed E-state index contributed by atoms with van der Waals surface area (Å²) in [6, 6.07) is 16.4. The van der Waals surface area contributed by atoms with E-state index in [2.05, 4.69) is 46.1 Å². The molecule has 1 amide bonds. The molecule has 2 aliphatic heterocycles. The van der Waals surface area contributed by atoms with Crippen molar-refractivity contribution in [1.29, 1.82) is 0 Å². The van der Waals surface area contributed by atoms with Gasteiger partial charge in [-0.1, -0.05) is 18.2 Å². The summed E-state index contributed by atoms with van der Waals surface area (Å²) in [5, 5.41) is 1.04. The molecule has 0 atom stereocenters. The van der Waals surface area contributed by atoms with Gasteiger partial charge in [-0.05, 0) is 48.5 Å². The van der Waals surface area contributed by atoms with Gasteiger partial charge in [0.05, 0.1) is 26.0 Å². The van der Waals surface area contributed by atoms with E-state index in [9.17, 15) is 4.79 Å². The molecule has 0 aliphatic carbocycles. The molecule has 0 bridgehead atoms. The highest BCUT2D eigenvalue weighted by Crippen LogP contribution is 2.36. The highest BCUT2D eigenvalue weighted by molar-refractivity contribution is 5.98. The summed E-state index contributed by atoms with van der Waals surface area (Å²) in [5.74, 6) is 0.929. The van der Waals surface area contributed by atoms with Gasteiger partial charge in [0, 0.05) is 73.7 Å². The molecule has 2 aromatic carbocycles. The second-order valence-corrected chi connectivity index (χ2v) is 9.98. The highest BCUT2D eigenvalue weighted by atomic mass is 16.5. The zero-order valence-corrected chi connectivity index (χ0v) is 21.9. The van der Waals surface area contributed by atoms with Crippen LogP contribution in [0, 0.1) is 0 Å². The van der Waals surface area contributed by atoms with Gasteiger partial charge in [-0.3, -0.25) is 4.79 Å². The van der Waals surface area contributed by atoms with Crippen molar-refractivity contribution >= 4 is 22.6 Å². The lowest BCUT2D eigenvalue weighted by molar-refractivity contribution is 0.0303. The van der Waals surface area contributed by atoms with E-state index < -0.39 is 0 Å². The van der Waals surface area contributed by atoms with Crippen LogP contribution in [0.15, 0.2) is 60.9 Å². The molecule has 4 heterocycles. The number of pyridine rings is 1. The molecule has 2 saturated heterocycles. The summed E-state index contributed by atoms with van der Waals surface area (Å²) >= 11 is 0. The number of hydrogen-bond acceptors (Lipinski definition) is 6. The van der Waals surface area contributed by atoms with E-state index >= 15 is 0 Å². The van der Waals surface area contributed by atoms with Gasteiger partial charge in [0.2, 0.25) is 0 Å². The average molecular weight is 512 g/mol. The SMILES string of the molecule is COc1cc(-c2cnc3[nH]cc(-c4ccc(C(=O)N5CCOCC5)cc4)c3c2)ccc1N1CCN(C)CC1. The zero-order valence-electron chi connectivity index (χ0n) is 21.9. The summed E-state index contributed by atoms with van der Waals surface area (Å²) in [5.41, 5.74) is 6.85. The number of nitrogens with zero attached hydrogens (tertiary/aromatic N) is 4. The molecule has 0 spiro atoms. The number of methoxy groups -OCH3 is 1. The number of likely N-dealkylation sites (N-methyl/N-ethyl adjacent to an activating group) is 1. The number of hydrogen-bond donors (Lipinski definition) is 1. The van der Waals surface area contributed by atoms with Gasteiger partial charge in [-0.2, -0.15) is 0 Å². The Balaban J connectivity index is 1.27. The van der Waals surface area contributed by atoms with Crippen molar-refractivity contribution in [3.8, 4) is 28.0 Å². The van der Waals surface area contributed by atoms with Crippen LogP contribution in [0.5, 0.6) is 5.75 Å². The minimum Gasteiger partial charge on any atom is -0.495 e. The first-order valence-corrected chi connectivity index (χ1v) is 13.2. The number of amides is 1. The number of carbonyl (C=O) groups is 1. The number of aromatic amines is 1. The van der Waals surface area contributed by atoms with Crippen LogP contribution in [0.4, 0.5) is 5.69 Å². The van der Waals surface area contributed by atoms with Crippen molar-refractivity contribution in [3.05, 3.63) is 66.5 Å². The van der Waals surface area contributed by atoms with Crippen molar-refractivity contribution in [2.45, 2.75) is 0 Å². The minimum absolute atomic E-state index is 0.0525. The van der Waals surface area contributed by atoms with Crippen molar-refractivity contribution in [2.24, 2.45) is 0 Å². The zero-order chi connectivity index (χ0) is 26.1. The number of fused-ring (bicyclic) bond motifs is 1. The first kappa shape index (κ1) is 24.5. The number of benzene rings is 2. The molecular formula is C30H33N5O3. The van der Waals surface area contributed by atoms with Gasteiger partial charge in [0.25, 0.3) is 5.91 Å². The Morgan fingerprint density at radius 3 is 2.39 bits per heavy atom. The highest BCUT2D eigenvalue weighted by Gasteiger charge is 2.20. The Bertz CT molecular complexity index is 1430. The normalized spacial score (nSPS) is 16.7. The Morgan fingerprint density at radius 1 is 0.921 bits per heavy atom. The summed E-state index contributed by atoms with van der Waals surface area (Å²) in [4.78, 5) is 27.4. The lowest BCUT2D eigenvalue weighted by Crippen LogP contribution is -2.44.